The van der Waals surface area contributed by atoms with E-state index in [1.165, 1.54) is 0 Å². The van der Waals surface area contributed by atoms with Crippen LogP contribution in [0.25, 0.3) is 0 Å². The van der Waals surface area contributed by atoms with Gasteiger partial charge >= 0.3 is 6.01 Å². The van der Waals surface area contributed by atoms with Gasteiger partial charge in [0.25, 0.3) is 5.91 Å². The van der Waals surface area contributed by atoms with E-state index < -0.39 is 0 Å². The van der Waals surface area contributed by atoms with E-state index in [-0.39, 0.29) is 11.0 Å². The molecule has 6 nitrogen and oxygen atoms in total. The molecule has 1 aromatic heterocycles. The van der Waals surface area contributed by atoms with Crippen LogP contribution in [0.15, 0.2) is 54.6 Å². The number of carbonyl (C=O) groups is 1. The van der Waals surface area contributed by atoms with Crippen LogP contribution in [-0.4, -0.2) is 21.0 Å². The van der Waals surface area contributed by atoms with Gasteiger partial charge in [-0.25, -0.2) is 9.97 Å². The van der Waals surface area contributed by atoms with Crippen molar-refractivity contribution in [1.29, 1.82) is 0 Å². The zero-order valence-electron chi connectivity index (χ0n) is 15.8. The Hall–Kier alpha value is -3.32. The van der Waals surface area contributed by atoms with Gasteiger partial charge in [0.05, 0.1) is 0 Å². The predicted octanol–water partition coefficient (Wildman–Crippen LogP) is 4.32. The molecule has 1 amide bonds. The minimum absolute atomic E-state index is 0.219. The van der Waals surface area contributed by atoms with Gasteiger partial charge in [0.2, 0.25) is 0 Å². The highest BCUT2D eigenvalue weighted by Crippen LogP contribution is 2.21. The molecule has 3 aromatic rings. The number of nitrogens with zero attached hydrogens (tertiary/aromatic N) is 2. The van der Waals surface area contributed by atoms with Crippen LogP contribution in [0.1, 0.15) is 27.3 Å². The van der Waals surface area contributed by atoms with Crippen molar-refractivity contribution in [1.82, 2.24) is 15.3 Å². The van der Waals surface area contributed by atoms with E-state index >= 15 is 0 Å². The SMILES string of the molecule is Cc1ccc(C(=O)NC(=S)Nc2ccc(Oc3nc(C)cc(C)n3)cc2)cc1. The molecule has 7 heteroatoms. The van der Waals surface area contributed by atoms with Crippen molar-refractivity contribution in [3.05, 3.63) is 77.1 Å². The number of anilines is 1. The summed E-state index contributed by atoms with van der Waals surface area (Å²) in [6.45, 7) is 5.74. The fourth-order valence-corrected chi connectivity index (χ4v) is 2.70. The smallest absolute Gasteiger partial charge is 0.322 e. The third-order valence-corrected chi connectivity index (χ3v) is 4.03. The molecule has 1 heterocycles. The second-order valence-corrected chi connectivity index (χ2v) is 6.74. The number of amides is 1. The molecule has 2 aromatic carbocycles. The Kier molecular flexibility index (Phi) is 5.96. The Bertz CT molecular complexity index is 982. The van der Waals surface area contributed by atoms with Crippen molar-refractivity contribution in [2.24, 2.45) is 0 Å². The Labute approximate surface area is 169 Å². The lowest BCUT2D eigenvalue weighted by Crippen LogP contribution is -2.34. The molecule has 0 unspecified atom stereocenters. The van der Waals surface area contributed by atoms with Crippen molar-refractivity contribution < 1.29 is 9.53 Å². The van der Waals surface area contributed by atoms with E-state index in [0.717, 1.165) is 22.6 Å². The third kappa shape index (κ3) is 5.34. The Morgan fingerprint density at radius 3 is 2.14 bits per heavy atom. The highest BCUT2D eigenvalue weighted by Gasteiger charge is 2.08. The summed E-state index contributed by atoms with van der Waals surface area (Å²) in [5.41, 5.74) is 4.05. The lowest BCUT2D eigenvalue weighted by molar-refractivity contribution is 0.0977. The fourth-order valence-electron chi connectivity index (χ4n) is 2.49. The summed E-state index contributed by atoms with van der Waals surface area (Å²) in [4.78, 5) is 20.7. The summed E-state index contributed by atoms with van der Waals surface area (Å²) < 4.78 is 5.68. The summed E-state index contributed by atoms with van der Waals surface area (Å²) in [5.74, 6) is 0.342. The molecule has 28 heavy (non-hydrogen) atoms. The summed E-state index contributed by atoms with van der Waals surface area (Å²) in [7, 11) is 0. The molecule has 0 atom stereocenters. The first kappa shape index (κ1) is 19.4. The third-order valence-electron chi connectivity index (χ3n) is 3.82. The van der Waals surface area contributed by atoms with Crippen LogP contribution >= 0.6 is 12.2 Å². The van der Waals surface area contributed by atoms with Gasteiger partial charge in [0.15, 0.2) is 5.11 Å². The minimum Gasteiger partial charge on any atom is -0.424 e. The number of hydrogen-bond acceptors (Lipinski definition) is 5. The number of thiocarbonyl (C=S) groups is 1. The molecular weight excluding hydrogens is 372 g/mol. The largest absolute Gasteiger partial charge is 0.424 e. The van der Waals surface area contributed by atoms with E-state index in [1.54, 1.807) is 36.4 Å². The number of hydrogen-bond donors (Lipinski definition) is 2. The normalized spacial score (nSPS) is 10.2. The lowest BCUT2D eigenvalue weighted by Gasteiger charge is -2.11. The van der Waals surface area contributed by atoms with Crippen molar-refractivity contribution >= 4 is 28.9 Å². The van der Waals surface area contributed by atoms with Crippen LogP contribution in [0.5, 0.6) is 11.8 Å². The van der Waals surface area contributed by atoms with Gasteiger partial charge in [-0.3, -0.25) is 10.1 Å². The zero-order valence-corrected chi connectivity index (χ0v) is 16.6. The molecule has 0 bridgehead atoms. The Morgan fingerprint density at radius 2 is 1.54 bits per heavy atom. The maximum absolute atomic E-state index is 12.2. The minimum atomic E-state index is -0.260. The van der Waals surface area contributed by atoms with E-state index in [1.807, 2.05) is 39.0 Å². The molecule has 0 saturated heterocycles. The van der Waals surface area contributed by atoms with Crippen molar-refractivity contribution in [2.75, 3.05) is 5.32 Å². The van der Waals surface area contributed by atoms with Gasteiger partial charge in [0, 0.05) is 22.6 Å². The van der Waals surface area contributed by atoms with Gasteiger partial charge in [-0.05, 0) is 75.5 Å². The second kappa shape index (κ2) is 8.58. The molecule has 0 aliphatic rings. The monoisotopic (exact) mass is 392 g/mol. The molecule has 0 saturated carbocycles. The highest BCUT2D eigenvalue weighted by atomic mass is 32.1. The van der Waals surface area contributed by atoms with E-state index in [9.17, 15) is 4.79 Å². The average molecular weight is 392 g/mol. The van der Waals surface area contributed by atoms with Gasteiger partial charge in [-0.1, -0.05) is 17.7 Å². The fraction of sp³-hybridized carbons (Fsp3) is 0.143. The highest BCUT2D eigenvalue weighted by molar-refractivity contribution is 7.80. The molecule has 3 rings (SSSR count). The topological polar surface area (TPSA) is 76.1 Å². The van der Waals surface area contributed by atoms with Gasteiger partial charge < -0.3 is 10.1 Å². The number of carbonyl (C=O) groups excluding carboxylic acids is 1. The second-order valence-electron chi connectivity index (χ2n) is 6.33. The first-order chi connectivity index (χ1) is 13.4. The molecule has 142 valence electrons. The summed E-state index contributed by atoms with van der Waals surface area (Å²) in [5, 5.41) is 5.86. The van der Waals surface area contributed by atoms with Crippen molar-refractivity contribution in [3.63, 3.8) is 0 Å². The average Bonchev–Trinajstić information content (AvgIpc) is 2.63. The first-order valence-electron chi connectivity index (χ1n) is 8.68. The summed E-state index contributed by atoms with van der Waals surface area (Å²) >= 11 is 5.21. The summed E-state index contributed by atoms with van der Waals surface area (Å²) in [6, 6.07) is 16.6. The van der Waals surface area contributed by atoms with Crippen LogP contribution in [0, 0.1) is 20.8 Å². The number of aromatic nitrogens is 2. The Balaban J connectivity index is 1.58. The van der Waals surface area contributed by atoms with Crippen LogP contribution in [0.2, 0.25) is 0 Å². The Morgan fingerprint density at radius 1 is 0.929 bits per heavy atom. The molecular formula is C21H20N4O2S. The molecule has 0 radical (unpaired) electrons. The van der Waals surface area contributed by atoms with Gasteiger partial charge in [0.1, 0.15) is 5.75 Å². The molecule has 0 aliphatic heterocycles. The quantitative estimate of drug-likeness (QED) is 0.644. The lowest BCUT2D eigenvalue weighted by atomic mass is 10.1. The molecule has 0 aliphatic carbocycles. The number of ether oxygens (including phenoxy) is 1. The summed E-state index contributed by atoms with van der Waals surface area (Å²) in [6.07, 6.45) is 0. The molecule has 2 N–H and O–H groups in total. The molecule has 0 spiro atoms. The maximum atomic E-state index is 12.2. The molecule has 0 fully saturated rings. The van der Waals surface area contributed by atoms with Gasteiger partial charge in [-0.2, -0.15) is 0 Å². The van der Waals surface area contributed by atoms with E-state index in [2.05, 4.69) is 20.6 Å². The standard InChI is InChI=1S/C21H20N4O2S/c1-13-4-6-16(7-5-13)19(26)25-21(28)24-17-8-10-18(11-9-17)27-20-22-14(2)12-15(3)23-20/h4-12H,1-3H3,(H2,24,25,26,28). The number of benzene rings is 2. The predicted molar refractivity (Wildman–Crippen MR) is 113 cm³/mol. The van der Waals surface area contributed by atoms with E-state index in [0.29, 0.717) is 17.3 Å². The van der Waals surface area contributed by atoms with Crippen molar-refractivity contribution in [3.8, 4) is 11.8 Å². The maximum Gasteiger partial charge on any atom is 0.322 e. The number of rotatable bonds is 4. The zero-order chi connectivity index (χ0) is 20.1. The van der Waals surface area contributed by atoms with Crippen LogP contribution in [-0.2, 0) is 0 Å². The van der Waals surface area contributed by atoms with Crippen LogP contribution in [0.3, 0.4) is 0 Å². The van der Waals surface area contributed by atoms with Gasteiger partial charge in [-0.15, -0.1) is 0 Å². The van der Waals surface area contributed by atoms with Crippen molar-refractivity contribution in [2.45, 2.75) is 20.8 Å². The van der Waals surface area contributed by atoms with E-state index in [4.69, 9.17) is 17.0 Å². The van der Waals surface area contributed by atoms with Crippen LogP contribution < -0.4 is 15.4 Å². The first-order valence-corrected chi connectivity index (χ1v) is 9.09. The number of aryl methyl sites for hydroxylation is 3. The number of nitrogens with one attached hydrogen (secondary N) is 2. The van der Waals surface area contributed by atoms with Crippen LogP contribution in [0.4, 0.5) is 5.69 Å².